The summed E-state index contributed by atoms with van der Waals surface area (Å²) in [6.45, 7) is 3.27. The molecular weight excluding hydrogens is 270 g/mol. The first-order chi connectivity index (χ1) is 9.79. The third kappa shape index (κ3) is 2.11. The van der Waals surface area contributed by atoms with Crippen molar-refractivity contribution >= 4 is 33.1 Å². The van der Waals surface area contributed by atoms with Crippen LogP contribution in [0.1, 0.15) is 12.8 Å². The zero-order chi connectivity index (χ0) is 13.5. The summed E-state index contributed by atoms with van der Waals surface area (Å²) in [5, 5.41) is 3.09. The fourth-order valence-corrected chi connectivity index (χ4v) is 4.15. The summed E-state index contributed by atoms with van der Waals surface area (Å²) in [6, 6.07) is 5.94. The van der Waals surface area contributed by atoms with E-state index in [0.29, 0.717) is 5.92 Å². The number of rotatable bonds is 2. The van der Waals surface area contributed by atoms with Crippen molar-refractivity contribution in [1.82, 2.24) is 9.88 Å². The van der Waals surface area contributed by atoms with Crippen molar-refractivity contribution in [2.75, 3.05) is 25.0 Å². The first-order valence-corrected chi connectivity index (χ1v) is 8.04. The van der Waals surface area contributed by atoms with Crippen molar-refractivity contribution in [3.8, 4) is 0 Å². The summed E-state index contributed by atoms with van der Waals surface area (Å²) in [5.41, 5.74) is 3.72. The van der Waals surface area contributed by atoms with Gasteiger partial charge in [-0.2, -0.15) is 0 Å². The lowest BCUT2D eigenvalue weighted by molar-refractivity contribution is -0.125. The van der Waals surface area contributed by atoms with E-state index in [0.717, 1.165) is 22.4 Å². The number of benzene rings is 1. The van der Waals surface area contributed by atoms with Crippen molar-refractivity contribution < 1.29 is 4.79 Å². The van der Waals surface area contributed by atoms with Gasteiger partial charge in [0.1, 0.15) is 0 Å². The zero-order valence-corrected chi connectivity index (χ0v) is 12.0. The number of thiazole rings is 1. The molecule has 4 nitrogen and oxygen atoms in total. The SMILES string of the molecule is O=C(Nc1ccc2ncsc2c1)C1CN2CCC1CC2. The number of nitrogens with one attached hydrogen (secondary N) is 1. The molecule has 3 aliphatic rings. The standard InChI is InChI=1S/C15H17N3OS/c19-15(12-8-18-5-3-10(12)4-6-18)17-11-1-2-13-14(7-11)20-9-16-13/h1-2,7,9-10,12H,3-6,8H2,(H,17,19). The van der Waals surface area contributed by atoms with Gasteiger partial charge in [-0.25, -0.2) is 4.98 Å². The number of amides is 1. The lowest BCUT2D eigenvalue weighted by atomic mass is 9.78. The Labute approximate surface area is 121 Å². The van der Waals surface area contributed by atoms with Crippen LogP contribution in [0.15, 0.2) is 23.7 Å². The molecule has 0 radical (unpaired) electrons. The number of hydrogen-bond acceptors (Lipinski definition) is 4. The maximum absolute atomic E-state index is 12.5. The third-order valence-corrected chi connectivity index (χ3v) is 5.38. The van der Waals surface area contributed by atoms with Gasteiger partial charge in [-0.05, 0) is 50.0 Å². The van der Waals surface area contributed by atoms with Gasteiger partial charge in [-0.15, -0.1) is 11.3 Å². The number of fused-ring (bicyclic) bond motifs is 4. The maximum Gasteiger partial charge on any atom is 0.229 e. The Hall–Kier alpha value is -1.46. The molecule has 20 heavy (non-hydrogen) atoms. The second-order valence-electron chi connectivity index (χ2n) is 5.77. The minimum atomic E-state index is 0.162. The van der Waals surface area contributed by atoms with Crippen LogP contribution < -0.4 is 5.32 Å². The number of piperidine rings is 3. The largest absolute Gasteiger partial charge is 0.326 e. The molecular formula is C15H17N3OS. The van der Waals surface area contributed by atoms with E-state index >= 15 is 0 Å². The number of carbonyl (C=O) groups excluding carboxylic acids is 1. The summed E-state index contributed by atoms with van der Waals surface area (Å²) in [5.74, 6) is 0.921. The maximum atomic E-state index is 12.5. The molecule has 2 aromatic rings. The predicted octanol–water partition coefficient (Wildman–Crippen LogP) is 2.58. The molecule has 104 valence electrons. The number of aromatic nitrogens is 1. The van der Waals surface area contributed by atoms with E-state index in [9.17, 15) is 4.79 Å². The number of hydrogen-bond donors (Lipinski definition) is 1. The van der Waals surface area contributed by atoms with E-state index in [1.165, 1.54) is 25.9 Å². The smallest absolute Gasteiger partial charge is 0.229 e. The minimum absolute atomic E-state index is 0.162. The average molecular weight is 287 g/mol. The van der Waals surface area contributed by atoms with Crippen LogP contribution >= 0.6 is 11.3 Å². The summed E-state index contributed by atoms with van der Waals surface area (Å²) in [7, 11) is 0. The average Bonchev–Trinajstić information content (AvgIpc) is 2.96. The normalized spacial score (nSPS) is 28.7. The summed E-state index contributed by atoms with van der Waals surface area (Å²) < 4.78 is 1.12. The lowest BCUT2D eigenvalue weighted by Gasteiger charge is -2.43. The minimum Gasteiger partial charge on any atom is -0.326 e. The molecule has 1 aromatic carbocycles. The highest BCUT2D eigenvalue weighted by atomic mass is 32.1. The molecule has 0 aliphatic carbocycles. The predicted molar refractivity (Wildman–Crippen MR) is 80.9 cm³/mol. The van der Waals surface area contributed by atoms with Crippen molar-refractivity contribution in [3.63, 3.8) is 0 Å². The van der Waals surface area contributed by atoms with E-state index < -0.39 is 0 Å². The van der Waals surface area contributed by atoms with E-state index in [4.69, 9.17) is 0 Å². The fourth-order valence-electron chi connectivity index (χ4n) is 3.43. The Balaban J connectivity index is 1.51. The molecule has 2 bridgehead atoms. The third-order valence-electron chi connectivity index (χ3n) is 4.59. The Bertz CT molecular complexity index is 645. The number of anilines is 1. The van der Waals surface area contributed by atoms with E-state index in [2.05, 4.69) is 15.2 Å². The van der Waals surface area contributed by atoms with Crippen LogP contribution in [0, 0.1) is 11.8 Å². The van der Waals surface area contributed by atoms with E-state index in [1.54, 1.807) is 11.3 Å². The highest BCUT2D eigenvalue weighted by Gasteiger charge is 2.38. The van der Waals surface area contributed by atoms with Crippen molar-refractivity contribution in [2.24, 2.45) is 11.8 Å². The molecule has 5 rings (SSSR count). The van der Waals surface area contributed by atoms with Crippen LogP contribution in [-0.4, -0.2) is 35.4 Å². The van der Waals surface area contributed by atoms with Gasteiger partial charge in [0.05, 0.1) is 21.6 Å². The van der Waals surface area contributed by atoms with Gasteiger partial charge in [0.15, 0.2) is 0 Å². The molecule has 4 heterocycles. The highest BCUT2D eigenvalue weighted by Crippen LogP contribution is 2.33. The lowest BCUT2D eigenvalue weighted by Crippen LogP contribution is -2.51. The Morgan fingerprint density at radius 1 is 1.35 bits per heavy atom. The second-order valence-corrected chi connectivity index (χ2v) is 6.65. The van der Waals surface area contributed by atoms with Crippen LogP contribution in [0.4, 0.5) is 5.69 Å². The molecule has 1 atom stereocenters. The summed E-state index contributed by atoms with van der Waals surface area (Å²) in [6.07, 6.45) is 2.35. The van der Waals surface area contributed by atoms with Crippen LogP contribution in [0.2, 0.25) is 0 Å². The summed E-state index contributed by atoms with van der Waals surface area (Å²) in [4.78, 5) is 19.2. The van der Waals surface area contributed by atoms with Crippen molar-refractivity contribution in [3.05, 3.63) is 23.7 Å². The number of nitrogens with zero attached hydrogens (tertiary/aromatic N) is 2. The van der Waals surface area contributed by atoms with Crippen LogP contribution in [0.5, 0.6) is 0 Å². The monoisotopic (exact) mass is 287 g/mol. The number of carbonyl (C=O) groups is 1. The molecule has 3 saturated heterocycles. The molecule has 0 saturated carbocycles. The zero-order valence-electron chi connectivity index (χ0n) is 11.2. The Kier molecular flexibility index (Phi) is 2.97. The van der Waals surface area contributed by atoms with Crippen LogP contribution in [0.25, 0.3) is 10.2 Å². The fraction of sp³-hybridized carbons (Fsp3) is 0.467. The van der Waals surface area contributed by atoms with Gasteiger partial charge in [-0.3, -0.25) is 4.79 Å². The molecule has 0 spiro atoms. The highest BCUT2D eigenvalue weighted by molar-refractivity contribution is 7.16. The molecule has 1 unspecified atom stereocenters. The molecule has 1 N–H and O–H groups in total. The molecule has 3 aliphatic heterocycles. The Morgan fingerprint density at radius 2 is 2.20 bits per heavy atom. The van der Waals surface area contributed by atoms with Gasteiger partial charge < -0.3 is 10.2 Å². The van der Waals surface area contributed by atoms with Gasteiger partial charge in [0.25, 0.3) is 0 Å². The quantitative estimate of drug-likeness (QED) is 0.923. The van der Waals surface area contributed by atoms with Crippen molar-refractivity contribution in [2.45, 2.75) is 12.8 Å². The van der Waals surface area contributed by atoms with E-state index in [1.807, 2.05) is 23.7 Å². The topological polar surface area (TPSA) is 45.2 Å². The van der Waals surface area contributed by atoms with Crippen molar-refractivity contribution in [1.29, 1.82) is 0 Å². The molecule has 5 heteroatoms. The first-order valence-electron chi connectivity index (χ1n) is 7.16. The molecule has 1 aromatic heterocycles. The van der Waals surface area contributed by atoms with Gasteiger partial charge in [-0.1, -0.05) is 0 Å². The van der Waals surface area contributed by atoms with Gasteiger partial charge in [0, 0.05) is 12.2 Å². The second kappa shape index (κ2) is 4.82. The van der Waals surface area contributed by atoms with E-state index in [-0.39, 0.29) is 11.8 Å². The molecule has 3 fully saturated rings. The Morgan fingerprint density at radius 3 is 2.95 bits per heavy atom. The summed E-state index contributed by atoms with van der Waals surface area (Å²) >= 11 is 1.61. The molecule has 1 amide bonds. The van der Waals surface area contributed by atoms with Crippen LogP contribution in [0.3, 0.4) is 0 Å². The van der Waals surface area contributed by atoms with Gasteiger partial charge in [0.2, 0.25) is 5.91 Å². The van der Waals surface area contributed by atoms with Crippen LogP contribution in [-0.2, 0) is 4.79 Å². The van der Waals surface area contributed by atoms with Gasteiger partial charge >= 0.3 is 0 Å². The first kappa shape index (κ1) is 12.3.